The summed E-state index contributed by atoms with van der Waals surface area (Å²) < 4.78 is 75.3. The molecule has 5 N–H and O–H groups in total. The molecule has 0 spiro atoms. The van der Waals surface area contributed by atoms with Crippen molar-refractivity contribution in [3.63, 3.8) is 0 Å². The largest absolute Gasteiger partial charge is 0.493 e. The maximum absolute atomic E-state index is 13.9. The molecule has 1 atom stereocenters. The van der Waals surface area contributed by atoms with Crippen LogP contribution in [-0.2, 0) is 26.0 Å². The number of pyridine rings is 1. The highest BCUT2D eigenvalue weighted by Crippen LogP contribution is 2.33. The number of carboxylic acids is 1. The molecule has 52 heavy (non-hydrogen) atoms. The molecule has 0 bridgehead atoms. The van der Waals surface area contributed by atoms with Gasteiger partial charge in [-0.05, 0) is 79.4 Å². The van der Waals surface area contributed by atoms with E-state index in [9.17, 15) is 31.2 Å². The van der Waals surface area contributed by atoms with Crippen LogP contribution in [0.1, 0.15) is 31.1 Å². The molecule has 0 saturated heterocycles. The van der Waals surface area contributed by atoms with E-state index in [4.69, 9.17) is 29.8 Å². The average Bonchev–Trinajstić information content (AvgIpc) is 3.09. The Morgan fingerprint density at radius 3 is 2.19 bits per heavy atom. The number of carbonyl (C=O) groups is 3. The number of hydrogen-bond acceptors (Lipinski definition) is 10. The molecule has 280 valence electrons. The van der Waals surface area contributed by atoms with Crippen molar-refractivity contribution in [1.82, 2.24) is 15.2 Å². The summed E-state index contributed by atoms with van der Waals surface area (Å²) >= 11 is 0. The van der Waals surface area contributed by atoms with Crippen molar-refractivity contribution in [2.24, 2.45) is 0 Å². The summed E-state index contributed by atoms with van der Waals surface area (Å²) in [6, 6.07) is 16.0. The molecule has 0 radical (unpaired) electrons. The number of carbonyl (C=O) groups excluding carboxylic acids is 2. The summed E-state index contributed by atoms with van der Waals surface area (Å²) in [7, 11) is 2.43. The van der Waals surface area contributed by atoms with E-state index in [1.165, 1.54) is 37.3 Å². The molecule has 18 heteroatoms. The summed E-state index contributed by atoms with van der Waals surface area (Å²) in [6.45, 7) is 2.99. The van der Waals surface area contributed by atoms with Gasteiger partial charge in [-0.25, -0.2) is 23.0 Å². The van der Waals surface area contributed by atoms with Crippen LogP contribution in [-0.4, -0.2) is 81.1 Å². The summed E-state index contributed by atoms with van der Waals surface area (Å²) in [5, 5.41) is 13.5. The molecular formula is C34H38F3N5O9S. The summed E-state index contributed by atoms with van der Waals surface area (Å²) in [4.78, 5) is 40.6. The van der Waals surface area contributed by atoms with Crippen LogP contribution in [0.5, 0.6) is 17.2 Å². The maximum atomic E-state index is 13.9. The summed E-state index contributed by atoms with van der Waals surface area (Å²) in [5.41, 5.74) is 7.14. The van der Waals surface area contributed by atoms with Gasteiger partial charge in [0.05, 0.1) is 24.4 Å². The maximum Gasteiger partial charge on any atom is 0.490 e. The number of sulfone groups is 1. The Morgan fingerprint density at radius 1 is 0.962 bits per heavy atom. The number of nitrogens with one attached hydrogen (secondary N) is 2. The Balaban J connectivity index is 0.000000944. The number of methoxy groups -OCH3 is 2. The fraction of sp³-hybridized carbons (Fsp3) is 0.294. The van der Waals surface area contributed by atoms with Gasteiger partial charge in [-0.2, -0.15) is 13.2 Å². The smallest absolute Gasteiger partial charge is 0.490 e. The van der Waals surface area contributed by atoms with Crippen LogP contribution in [0.25, 0.3) is 10.8 Å². The second kappa shape index (κ2) is 17.0. The third-order valence-corrected chi connectivity index (χ3v) is 9.56. The van der Waals surface area contributed by atoms with Crippen molar-refractivity contribution >= 4 is 50.0 Å². The second-order valence-electron chi connectivity index (χ2n) is 11.5. The lowest BCUT2D eigenvalue weighted by molar-refractivity contribution is -0.192. The van der Waals surface area contributed by atoms with Crippen LogP contribution in [0.3, 0.4) is 0 Å². The van der Waals surface area contributed by atoms with E-state index >= 15 is 0 Å². The molecule has 3 amide bonds. The van der Waals surface area contributed by atoms with Crippen LogP contribution in [0.15, 0.2) is 71.8 Å². The summed E-state index contributed by atoms with van der Waals surface area (Å²) in [5.74, 6) is -1.69. The number of halogens is 3. The van der Waals surface area contributed by atoms with Gasteiger partial charge in [0.1, 0.15) is 11.6 Å². The highest BCUT2D eigenvalue weighted by atomic mass is 32.2. The Morgan fingerprint density at radius 2 is 1.62 bits per heavy atom. The zero-order valence-corrected chi connectivity index (χ0v) is 29.8. The monoisotopic (exact) mass is 749 g/mol. The minimum absolute atomic E-state index is 0.0463. The van der Waals surface area contributed by atoms with Crippen molar-refractivity contribution in [2.75, 3.05) is 39.4 Å². The fourth-order valence-corrected chi connectivity index (χ4v) is 5.78. The molecule has 0 aliphatic heterocycles. The fourth-order valence-electron chi connectivity index (χ4n) is 4.51. The van der Waals surface area contributed by atoms with Crippen molar-refractivity contribution in [3.8, 4) is 17.2 Å². The number of alkyl halides is 3. The first-order valence-corrected chi connectivity index (χ1v) is 16.8. The van der Waals surface area contributed by atoms with E-state index in [1.807, 2.05) is 0 Å². The molecule has 1 unspecified atom stereocenters. The molecule has 0 fully saturated rings. The number of benzene rings is 3. The van der Waals surface area contributed by atoms with Gasteiger partial charge in [0.15, 0.2) is 21.3 Å². The molecule has 4 aromatic rings. The summed E-state index contributed by atoms with van der Waals surface area (Å²) in [6.07, 6.45) is -4.68. The van der Waals surface area contributed by atoms with Gasteiger partial charge in [-0.3, -0.25) is 4.79 Å². The first-order valence-electron chi connectivity index (χ1n) is 15.3. The molecule has 0 aliphatic carbocycles. The normalized spacial score (nSPS) is 11.9. The number of carboxylic acid groups (broad SMARTS) is 1. The van der Waals surface area contributed by atoms with Crippen LogP contribution < -0.4 is 30.6 Å². The van der Waals surface area contributed by atoms with E-state index < -0.39 is 39.2 Å². The number of hydrogen-bond donors (Lipinski definition) is 4. The lowest BCUT2D eigenvalue weighted by Gasteiger charge is -2.22. The lowest BCUT2D eigenvalue weighted by Crippen LogP contribution is -2.33. The Labute approximate surface area is 297 Å². The Kier molecular flexibility index (Phi) is 13.3. The molecule has 0 saturated carbocycles. The van der Waals surface area contributed by atoms with Crippen LogP contribution in [0.4, 0.5) is 29.5 Å². The van der Waals surface area contributed by atoms with E-state index in [-0.39, 0.29) is 17.5 Å². The van der Waals surface area contributed by atoms with Gasteiger partial charge in [0, 0.05) is 43.5 Å². The highest BCUT2D eigenvalue weighted by Gasteiger charge is 2.38. The van der Waals surface area contributed by atoms with Crippen molar-refractivity contribution in [3.05, 3.63) is 78.0 Å². The van der Waals surface area contributed by atoms with E-state index in [0.717, 1.165) is 10.8 Å². The quantitative estimate of drug-likeness (QED) is 0.158. The standard InChI is InChI=1S/C32H37N5O7S.C2HF3O2/c1-19(2)45(40,41)28-12-8-23(36-32(39)37(3)4)15-22(28)18-35-31(38)29(21-7-11-26(42-5)27(17-21)43-6)44-24-9-10-25-20(16-24)13-14-34-30(25)33;3-2(4,5)1(6)7/h7-17,19,29H,18H2,1-6H3,(H2,33,34)(H,35,38)(H,36,39);(H,6,7). The topological polar surface area (TPSA) is 199 Å². The number of aliphatic carboxylic acids is 1. The van der Waals surface area contributed by atoms with Gasteiger partial charge in [0.2, 0.25) is 6.10 Å². The number of rotatable bonds is 11. The zero-order valence-electron chi connectivity index (χ0n) is 28.9. The van der Waals surface area contributed by atoms with E-state index in [2.05, 4.69) is 15.6 Å². The number of amides is 3. The molecule has 3 aromatic carbocycles. The number of urea groups is 1. The van der Waals surface area contributed by atoms with Gasteiger partial charge in [-0.1, -0.05) is 6.07 Å². The predicted molar refractivity (Wildman–Crippen MR) is 186 cm³/mol. The second-order valence-corrected chi connectivity index (χ2v) is 13.9. The van der Waals surface area contributed by atoms with Crippen molar-refractivity contribution in [2.45, 2.75) is 42.8 Å². The lowest BCUT2D eigenvalue weighted by atomic mass is 10.1. The van der Waals surface area contributed by atoms with Crippen molar-refractivity contribution < 1.29 is 55.3 Å². The van der Waals surface area contributed by atoms with E-state index in [0.29, 0.717) is 39.9 Å². The number of anilines is 2. The van der Waals surface area contributed by atoms with Crippen LogP contribution >= 0.6 is 0 Å². The molecule has 1 heterocycles. The predicted octanol–water partition coefficient (Wildman–Crippen LogP) is 5.18. The first kappa shape index (κ1) is 40.6. The van der Waals surface area contributed by atoms with Crippen LogP contribution in [0.2, 0.25) is 0 Å². The van der Waals surface area contributed by atoms with Gasteiger partial charge in [0.25, 0.3) is 5.91 Å². The Bertz CT molecular complexity index is 2040. The number of nitrogens with zero attached hydrogens (tertiary/aromatic N) is 2. The molecular weight excluding hydrogens is 711 g/mol. The van der Waals surface area contributed by atoms with Gasteiger partial charge in [-0.15, -0.1) is 0 Å². The number of nitrogens with two attached hydrogens (primary N) is 1. The number of aromatic nitrogens is 1. The first-order chi connectivity index (χ1) is 24.3. The van der Waals surface area contributed by atoms with Gasteiger partial charge >= 0.3 is 18.2 Å². The van der Waals surface area contributed by atoms with Gasteiger partial charge < -0.3 is 40.6 Å². The number of fused-ring (bicyclic) bond motifs is 1. The average molecular weight is 750 g/mol. The highest BCUT2D eigenvalue weighted by molar-refractivity contribution is 7.92. The number of ether oxygens (including phenoxy) is 3. The third-order valence-electron chi connectivity index (χ3n) is 7.31. The number of nitrogen functional groups attached to an aromatic ring is 1. The third kappa shape index (κ3) is 10.1. The minimum Gasteiger partial charge on any atom is -0.493 e. The Hall–Kier alpha value is -5.78. The minimum atomic E-state index is -5.08. The molecule has 1 aromatic heterocycles. The SMILES string of the molecule is COc1ccc(C(Oc2ccc3c(N)nccc3c2)C(=O)NCc2cc(NC(=O)N(C)C)ccc2S(=O)(=O)C(C)C)cc1OC.O=C(O)C(F)(F)F. The molecule has 0 aliphatic rings. The van der Waals surface area contributed by atoms with Crippen molar-refractivity contribution in [1.29, 1.82) is 0 Å². The zero-order chi connectivity index (χ0) is 39.0. The molecule has 14 nitrogen and oxygen atoms in total. The molecule has 4 rings (SSSR count). The van der Waals surface area contributed by atoms with E-state index in [1.54, 1.807) is 76.6 Å². The van der Waals surface area contributed by atoms with Crippen LogP contribution in [0, 0.1) is 0 Å².